The number of likely N-dealkylation sites (N-methyl/N-ethyl adjacent to an activating group) is 1. The van der Waals surface area contributed by atoms with Crippen LogP contribution in [0.25, 0.3) is 0 Å². The molecule has 0 saturated carbocycles. The van der Waals surface area contributed by atoms with Crippen LogP contribution in [0, 0.1) is 0 Å². The lowest BCUT2D eigenvalue weighted by molar-refractivity contribution is 0.146. The molecule has 0 spiro atoms. The average molecular weight is 251 g/mol. The molecule has 0 aromatic heterocycles. The summed E-state index contributed by atoms with van der Waals surface area (Å²) in [6.45, 7) is 3.37. The molecule has 1 atom stereocenters. The number of hydrogen-bond acceptors (Lipinski definition) is 3. The maximum Gasteiger partial charge on any atom is 0.118 e. The van der Waals surface area contributed by atoms with E-state index < -0.39 is 0 Å². The van der Waals surface area contributed by atoms with Crippen LogP contribution in [-0.2, 0) is 0 Å². The smallest absolute Gasteiger partial charge is 0.118 e. The van der Waals surface area contributed by atoms with Gasteiger partial charge in [-0.2, -0.15) is 0 Å². The SMILES string of the molecule is CCCCCN(C)C(CO)c1ccc(OC)cc1. The number of unbranched alkanes of at least 4 members (excludes halogenated alkanes) is 2. The molecule has 0 amide bonds. The van der Waals surface area contributed by atoms with Gasteiger partial charge in [0, 0.05) is 0 Å². The van der Waals surface area contributed by atoms with Gasteiger partial charge in [0.25, 0.3) is 0 Å². The van der Waals surface area contributed by atoms with E-state index in [-0.39, 0.29) is 12.6 Å². The summed E-state index contributed by atoms with van der Waals surface area (Å²) in [6, 6.07) is 8.01. The van der Waals surface area contributed by atoms with Gasteiger partial charge in [0.1, 0.15) is 5.75 Å². The largest absolute Gasteiger partial charge is 0.497 e. The number of methoxy groups -OCH3 is 1. The number of rotatable bonds is 8. The van der Waals surface area contributed by atoms with E-state index in [2.05, 4.69) is 18.9 Å². The number of benzene rings is 1. The van der Waals surface area contributed by atoms with Crippen molar-refractivity contribution >= 4 is 0 Å². The predicted octanol–water partition coefficient (Wildman–Crippen LogP) is 2.85. The fourth-order valence-corrected chi connectivity index (χ4v) is 2.09. The molecule has 0 bridgehead atoms. The van der Waals surface area contributed by atoms with Gasteiger partial charge in [-0.1, -0.05) is 31.9 Å². The summed E-state index contributed by atoms with van der Waals surface area (Å²) in [4.78, 5) is 2.22. The molecule has 3 heteroatoms. The van der Waals surface area contributed by atoms with Gasteiger partial charge in [0.15, 0.2) is 0 Å². The van der Waals surface area contributed by atoms with E-state index in [0.29, 0.717) is 0 Å². The fourth-order valence-electron chi connectivity index (χ4n) is 2.09. The molecule has 0 saturated heterocycles. The second kappa shape index (κ2) is 8.11. The highest BCUT2D eigenvalue weighted by Gasteiger charge is 2.15. The lowest BCUT2D eigenvalue weighted by Crippen LogP contribution is -2.28. The van der Waals surface area contributed by atoms with Crippen molar-refractivity contribution in [2.45, 2.75) is 32.2 Å². The van der Waals surface area contributed by atoms with Crippen molar-refractivity contribution in [3.8, 4) is 5.75 Å². The Morgan fingerprint density at radius 2 is 1.89 bits per heavy atom. The molecule has 1 unspecified atom stereocenters. The zero-order valence-corrected chi connectivity index (χ0v) is 11.7. The van der Waals surface area contributed by atoms with Crippen molar-refractivity contribution in [3.63, 3.8) is 0 Å². The molecular weight excluding hydrogens is 226 g/mol. The molecule has 0 aliphatic carbocycles. The van der Waals surface area contributed by atoms with Gasteiger partial charge >= 0.3 is 0 Å². The third kappa shape index (κ3) is 4.31. The Morgan fingerprint density at radius 3 is 2.39 bits per heavy atom. The van der Waals surface area contributed by atoms with Crippen molar-refractivity contribution in [1.82, 2.24) is 4.90 Å². The molecule has 0 heterocycles. The molecule has 18 heavy (non-hydrogen) atoms. The summed E-state index contributed by atoms with van der Waals surface area (Å²) in [6.07, 6.45) is 3.64. The van der Waals surface area contributed by atoms with Crippen LogP contribution in [0.1, 0.15) is 37.8 Å². The van der Waals surface area contributed by atoms with E-state index in [1.54, 1.807) is 7.11 Å². The van der Waals surface area contributed by atoms with Crippen LogP contribution in [0.2, 0.25) is 0 Å². The molecule has 0 fully saturated rings. The molecule has 3 nitrogen and oxygen atoms in total. The Labute approximate surface area is 110 Å². The minimum absolute atomic E-state index is 0.0766. The van der Waals surface area contributed by atoms with Gasteiger partial charge in [-0.15, -0.1) is 0 Å². The van der Waals surface area contributed by atoms with E-state index >= 15 is 0 Å². The molecule has 1 aromatic carbocycles. The van der Waals surface area contributed by atoms with Gasteiger partial charge in [-0.05, 0) is 37.7 Å². The highest BCUT2D eigenvalue weighted by atomic mass is 16.5. The van der Waals surface area contributed by atoms with Gasteiger partial charge in [0.2, 0.25) is 0 Å². The van der Waals surface area contributed by atoms with Crippen molar-refractivity contribution in [3.05, 3.63) is 29.8 Å². The maximum atomic E-state index is 9.56. The Kier molecular flexibility index (Phi) is 6.76. The number of hydrogen-bond donors (Lipinski definition) is 1. The fraction of sp³-hybridized carbons (Fsp3) is 0.600. The molecule has 102 valence electrons. The summed E-state index contributed by atoms with van der Waals surface area (Å²) >= 11 is 0. The summed E-state index contributed by atoms with van der Waals surface area (Å²) in [7, 11) is 3.73. The molecule has 1 aromatic rings. The second-order valence-electron chi connectivity index (χ2n) is 4.66. The third-order valence-electron chi connectivity index (χ3n) is 3.32. The summed E-state index contributed by atoms with van der Waals surface area (Å²) < 4.78 is 5.15. The first-order chi connectivity index (χ1) is 8.72. The van der Waals surface area contributed by atoms with Crippen LogP contribution < -0.4 is 4.74 Å². The number of nitrogens with zero attached hydrogens (tertiary/aromatic N) is 1. The number of aliphatic hydroxyl groups excluding tert-OH is 1. The predicted molar refractivity (Wildman–Crippen MR) is 75.0 cm³/mol. The number of ether oxygens (including phenoxy) is 1. The van der Waals surface area contributed by atoms with E-state index in [0.717, 1.165) is 17.9 Å². The van der Waals surface area contributed by atoms with Crippen LogP contribution >= 0.6 is 0 Å². The highest BCUT2D eigenvalue weighted by Crippen LogP contribution is 2.22. The topological polar surface area (TPSA) is 32.7 Å². The van der Waals surface area contributed by atoms with Crippen molar-refractivity contribution in [1.29, 1.82) is 0 Å². The molecule has 1 N–H and O–H groups in total. The minimum Gasteiger partial charge on any atom is -0.497 e. The average Bonchev–Trinajstić information content (AvgIpc) is 2.41. The van der Waals surface area contributed by atoms with Crippen LogP contribution in [0.5, 0.6) is 5.75 Å². The van der Waals surface area contributed by atoms with Gasteiger partial charge in [-0.3, -0.25) is 4.90 Å². The monoisotopic (exact) mass is 251 g/mol. The molecular formula is C15H25NO2. The first-order valence-corrected chi connectivity index (χ1v) is 6.68. The molecule has 1 rings (SSSR count). The third-order valence-corrected chi connectivity index (χ3v) is 3.32. The van der Waals surface area contributed by atoms with Crippen LogP contribution in [0.4, 0.5) is 0 Å². The number of aliphatic hydroxyl groups is 1. The van der Waals surface area contributed by atoms with E-state index in [4.69, 9.17) is 4.74 Å². The molecule has 0 radical (unpaired) electrons. The standard InChI is InChI=1S/C15H25NO2/c1-4-5-6-11-16(2)15(12-17)13-7-9-14(18-3)10-8-13/h7-10,15,17H,4-6,11-12H2,1-3H3. The highest BCUT2D eigenvalue weighted by molar-refractivity contribution is 5.29. The lowest BCUT2D eigenvalue weighted by Gasteiger charge is -2.27. The summed E-state index contributed by atoms with van der Waals surface area (Å²) in [5.74, 6) is 0.851. The lowest BCUT2D eigenvalue weighted by atomic mass is 10.1. The molecule has 0 aliphatic heterocycles. The van der Waals surface area contributed by atoms with Crippen LogP contribution in [-0.4, -0.2) is 37.3 Å². The Balaban J connectivity index is 2.62. The first-order valence-electron chi connectivity index (χ1n) is 6.68. The minimum atomic E-state index is 0.0766. The first kappa shape index (κ1) is 15.0. The van der Waals surface area contributed by atoms with Crippen LogP contribution in [0.3, 0.4) is 0 Å². The quantitative estimate of drug-likeness (QED) is 0.721. The zero-order chi connectivity index (χ0) is 13.4. The van der Waals surface area contributed by atoms with Gasteiger partial charge in [-0.25, -0.2) is 0 Å². The van der Waals surface area contributed by atoms with Crippen molar-refractivity contribution in [2.24, 2.45) is 0 Å². The second-order valence-corrected chi connectivity index (χ2v) is 4.66. The van der Waals surface area contributed by atoms with Gasteiger partial charge < -0.3 is 9.84 Å². The Bertz CT molecular complexity index is 324. The Morgan fingerprint density at radius 1 is 1.22 bits per heavy atom. The Hall–Kier alpha value is -1.06. The summed E-state index contributed by atoms with van der Waals surface area (Å²) in [5.41, 5.74) is 1.14. The maximum absolute atomic E-state index is 9.56. The zero-order valence-electron chi connectivity index (χ0n) is 11.7. The van der Waals surface area contributed by atoms with Crippen molar-refractivity contribution < 1.29 is 9.84 Å². The normalized spacial score (nSPS) is 12.7. The van der Waals surface area contributed by atoms with Crippen LogP contribution in [0.15, 0.2) is 24.3 Å². The van der Waals surface area contributed by atoms with Crippen molar-refractivity contribution in [2.75, 3.05) is 27.3 Å². The van der Waals surface area contributed by atoms with E-state index in [1.165, 1.54) is 19.3 Å². The van der Waals surface area contributed by atoms with Gasteiger partial charge in [0.05, 0.1) is 19.8 Å². The van der Waals surface area contributed by atoms with E-state index in [9.17, 15) is 5.11 Å². The summed E-state index contributed by atoms with van der Waals surface area (Å²) in [5, 5.41) is 9.56. The van der Waals surface area contributed by atoms with E-state index in [1.807, 2.05) is 24.3 Å². The molecule has 0 aliphatic rings.